The number of rotatable bonds is 7. The quantitative estimate of drug-likeness (QED) is 0.162. The molecular weight excluding hydrogens is 432 g/mol. The molecule has 0 bridgehead atoms. The fraction of sp³-hybridized carbons (Fsp3) is 0.360. The molecule has 1 saturated carbocycles. The van der Waals surface area contributed by atoms with Crippen molar-refractivity contribution in [2.75, 3.05) is 7.05 Å². The molecule has 0 saturated heterocycles. The number of nitrogens with zero attached hydrogens (tertiary/aromatic N) is 3. The number of aryl methyl sites for hydroxylation is 2. The van der Waals surface area contributed by atoms with Gasteiger partial charge in [-0.2, -0.15) is 10.2 Å². The molecule has 4 rings (SSSR count). The highest BCUT2D eigenvalue weighted by atomic mass is 16.3. The number of aromatic nitrogens is 2. The van der Waals surface area contributed by atoms with E-state index >= 15 is 0 Å². The molecule has 0 radical (unpaired) electrons. The Morgan fingerprint density at radius 1 is 1.29 bits per heavy atom. The molecule has 2 aromatic heterocycles. The first-order valence-electron chi connectivity index (χ1n) is 11.4. The molecule has 2 heterocycles. The van der Waals surface area contributed by atoms with Gasteiger partial charge in [0.2, 0.25) is 5.91 Å². The fourth-order valence-electron chi connectivity index (χ4n) is 4.73. The van der Waals surface area contributed by atoms with E-state index in [1.165, 1.54) is 6.08 Å². The van der Waals surface area contributed by atoms with Crippen LogP contribution in [0.4, 0.5) is 0 Å². The molecule has 4 N–H and O–H groups in total. The second kappa shape index (κ2) is 9.54. The second-order valence-corrected chi connectivity index (χ2v) is 8.67. The molecule has 9 heteroatoms. The lowest BCUT2D eigenvalue weighted by Gasteiger charge is -2.30. The van der Waals surface area contributed by atoms with Crippen LogP contribution in [0.15, 0.2) is 40.4 Å². The number of hydrogen-bond donors (Lipinski definition) is 3. The van der Waals surface area contributed by atoms with Gasteiger partial charge in [0, 0.05) is 24.0 Å². The highest BCUT2D eigenvalue weighted by molar-refractivity contribution is 6.08. The second-order valence-electron chi connectivity index (χ2n) is 8.67. The van der Waals surface area contributed by atoms with Crippen LogP contribution >= 0.6 is 0 Å². The number of hydrogen-bond acceptors (Lipinski definition) is 6. The number of aldehydes is 1. The number of benzene rings is 1. The molecule has 0 aliphatic heterocycles. The van der Waals surface area contributed by atoms with Crippen LogP contribution in [0.1, 0.15) is 58.9 Å². The number of fused-ring (bicyclic) bond motifs is 1. The summed E-state index contributed by atoms with van der Waals surface area (Å²) < 4.78 is 8.17. The zero-order valence-corrected chi connectivity index (χ0v) is 19.7. The molecule has 1 amide bonds. The van der Waals surface area contributed by atoms with E-state index in [0.717, 1.165) is 47.8 Å². The summed E-state index contributed by atoms with van der Waals surface area (Å²) in [6.07, 6.45) is 5.11. The van der Waals surface area contributed by atoms with E-state index in [1.54, 1.807) is 7.05 Å². The van der Waals surface area contributed by atoms with Gasteiger partial charge in [-0.3, -0.25) is 14.3 Å². The zero-order chi connectivity index (χ0) is 24.4. The summed E-state index contributed by atoms with van der Waals surface area (Å²) >= 11 is 0. The van der Waals surface area contributed by atoms with E-state index in [1.807, 2.05) is 30.7 Å². The summed E-state index contributed by atoms with van der Waals surface area (Å²) in [5, 5.41) is 12.8. The lowest BCUT2D eigenvalue weighted by Crippen LogP contribution is -2.37. The Morgan fingerprint density at radius 3 is 2.68 bits per heavy atom. The van der Waals surface area contributed by atoms with Crippen molar-refractivity contribution in [1.82, 2.24) is 20.5 Å². The van der Waals surface area contributed by atoms with Crippen LogP contribution in [0.5, 0.6) is 0 Å². The summed E-state index contributed by atoms with van der Waals surface area (Å²) in [6, 6.07) is 6.12. The molecule has 0 spiro atoms. The predicted octanol–water partition coefficient (Wildman–Crippen LogP) is 3.35. The molecule has 3 aromatic rings. The molecule has 178 valence electrons. The van der Waals surface area contributed by atoms with E-state index < -0.39 is 0 Å². The number of amides is 1. The van der Waals surface area contributed by atoms with Crippen LogP contribution in [0, 0.1) is 13.8 Å². The summed E-state index contributed by atoms with van der Waals surface area (Å²) in [5.41, 5.74) is 13.1. The summed E-state index contributed by atoms with van der Waals surface area (Å²) in [4.78, 5) is 23.7. The van der Waals surface area contributed by atoms with Crippen LogP contribution in [0.25, 0.3) is 22.4 Å². The van der Waals surface area contributed by atoms with E-state index in [-0.39, 0.29) is 29.5 Å². The third-order valence-electron chi connectivity index (χ3n) is 6.42. The van der Waals surface area contributed by atoms with Crippen molar-refractivity contribution in [3.8, 4) is 11.5 Å². The smallest absolute Gasteiger partial charge is 0.243 e. The first kappa shape index (κ1) is 23.3. The van der Waals surface area contributed by atoms with E-state index in [0.29, 0.717) is 23.3 Å². The Hall–Kier alpha value is -3.88. The number of furan rings is 1. The van der Waals surface area contributed by atoms with Gasteiger partial charge in [0.15, 0.2) is 17.9 Å². The van der Waals surface area contributed by atoms with Crippen molar-refractivity contribution < 1.29 is 14.0 Å². The highest BCUT2D eigenvalue weighted by Gasteiger charge is 2.32. The normalized spacial score (nSPS) is 18.6. The first-order valence-corrected chi connectivity index (χ1v) is 11.4. The van der Waals surface area contributed by atoms with Crippen molar-refractivity contribution in [3.63, 3.8) is 0 Å². The Kier molecular flexibility index (Phi) is 6.54. The maximum absolute atomic E-state index is 12.0. The molecule has 1 aliphatic carbocycles. The average molecular weight is 463 g/mol. The molecule has 34 heavy (non-hydrogen) atoms. The molecule has 1 fully saturated rings. The summed E-state index contributed by atoms with van der Waals surface area (Å²) in [5.74, 6) is 0.611. The molecule has 9 nitrogen and oxygen atoms in total. The lowest BCUT2D eigenvalue weighted by atomic mass is 9.90. The number of hydrazone groups is 1. The van der Waals surface area contributed by atoms with Crippen molar-refractivity contribution in [3.05, 3.63) is 53.2 Å². The van der Waals surface area contributed by atoms with Crippen LogP contribution in [0.3, 0.4) is 0 Å². The van der Waals surface area contributed by atoms with Gasteiger partial charge in [0.05, 0.1) is 11.6 Å². The molecule has 0 unspecified atom stereocenters. The minimum absolute atomic E-state index is 0.0102. The van der Waals surface area contributed by atoms with Gasteiger partial charge in [0.1, 0.15) is 17.0 Å². The molecular formula is C25H30N6O3. The average Bonchev–Trinajstić information content (AvgIpc) is 3.37. The standard InChI is InChI=1S/C25H30N6O3/c1-5-21(33)28-16-7-9-17(10-8-16)31-23(22(19(13-32)30-31)25(26)29-27-4)24-15(3)18-12-14(2)6-11-20(18)34-24/h5-6,11-13,16-17,27H,1,7-10H2,2-4H3,(H2,26,29)(H,28,33). The third-order valence-corrected chi connectivity index (χ3v) is 6.42. The van der Waals surface area contributed by atoms with E-state index in [4.69, 9.17) is 10.2 Å². The lowest BCUT2D eigenvalue weighted by molar-refractivity contribution is -0.117. The summed E-state index contributed by atoms with van der Waals surface area (Å²) in [6.45, 7) is 7.55. The number of carbonyl (C=O) groups excluding carboxylic acids is 2. The summed E-state index contributed by atoms with van der Waals surface area (Å²) in [7, 11) is 1.64. The van der Waals surface area contributed by atoms with E-state index in [9.17, 15) is 9.59 Å². The maximum atomic E-state index is 12.0. The number of amidine groups is 1. The predicted molar refractivity (Wildman–Crippen MR) is 132 cm³/mol. The van der Waals surface area contributed by atoms with Gasteiger partial charge < -0.3 is 20.9 Å². The third kappa shape index (κ3) is 4.21. The first-order chi connectivity index (χ1) is 16.4. The van der Waals surface area contributed by atoms with Gasteiger partial charge in [-0.1, -0.05) is 18.2 Å². The van der Waals surface area contributed by atoms with Crippen LogP contribution in [0.2, 0.25) is 0 Å². The number of carbonyl (C=O) groups is 2. The Bertz CT molecular complexity index is 1280. The Morgan fingerprint density at radius 2 is 2.03 bits per heavy atom. The van der Waals surface area contributed by atoms with Crippen LogP contribution in [-0.2, 0) is 4.79 Å². The largest absolute Gasteiger partial charge is 0.454 e. The molecule has 1 aromatic carbocycles. The van der Waals surface area contributed by atoms with Crippen molar-refractivity contribution >= 4 is 29.0 Å². The van der Waals surface area contributed by atoms with Gasteiger partial charge >= 0.3 is 0 Å². The fourth-order valence-corrected chi connectivity index (χ4v) is 4.73. The topological polar surface area (TPSA) is 128 Å². The monoisotopic (exact) mass is 462 g/mol. The number of nitrogens with two attached hydrogens (primary N) is 1. The van der Waals surface area contributed by atoms with Crippen molar-refractivity contribution in [1.29, 1.82) is 0 Å². The molecule has 1 aliphatic rings. The minimum Gasteiger partial charge on any atom is -0.454 e. The van der Waals surface area contributed by atoms with Gasteiger partial charge in [0.25, 0.3) is 0 Å². The highest BCUT2D eigenvalue weighted by Crippen LogP contribution is 2.40. The SMILES string of the molecule is C=CC(=O)NC1CCC(n2nc(C=O)c(/C(N)=N\NC)c2-c2oc3ccc(C)cc3c2C)CC1. The van der Waals surface area contributed by atoms with Gasteiger partial charge in [-0.25, -0.2) is 0 Å². The Balaban J connectivity index is 1.83. The Labute approximate surface area is 198 Å². The number of nitrogens with one attached hydrogen (secondary N) is 2. The van der Waals surface area contributed by atoms with Crippen LogP contribution < -0.4 is 16.5 Å². The zero-order valence-electron chi connectivity index (χ0n) is 19.7. The van der Waals surface area contributed by atoms with E-state index in [2.05, 4.69) is 33.6 Å². The minimum atomic E-state index is -0.169. The van der Waals surface area contributed by atoms with Crippen LogP contribution in [-0.4, -0.2) is 40.9 Å². The van der Waals surface area contributed by atoms with Gasteiger partial charge in [-0.15, -0.1) is 0 Å². The van der Waals surface area contributed by atoms with Crippen molar-refractivity contribution in [2.24, 2.45) is 10.8 Å². The van der Waals surface area contributed by atoms with Gasteiger partial charge in [-0.05, 0) is 57.7 Å². The van der Waals surface area contributed by atoms with Crippen molar-refractivity contribution in [2.45, 2.75) is 51.6 Å². The maximum Gasteiger partial charge on any atom is 0.243 e. The molecule has 0 atom stereocenters.